The molecule has 1 aromatic heterocycles. The molecule has 0 radical (unpaired) electrons. The SMILES string of the molecule is COCCCC1(C(=O)O)CCCN(C(=O)Cn2cccn2)C1. The van der Waals surface area contributed by atoms with E-state index < -0.39 is 11.4 Å². The molecule has 0 aromatic carbocycles. The maximum absolute atomic E-state index is 12.4. The van der Waals surface area contributed by atoms with Crippen LogP contribution in [0.15, 0.2) is 18.5 Å². The summed E-state index contributed by atoms with van der Waals surface area (Å²) >= 11 is 0. The van der Waals surface area contributed by atoms with Gasteiger partial charge in [-0.3, -0.25) is 14.3 Å². The van der Waals surface area contributed by atoms with Crippen molar-refractivity contribution in [3.05, 3.63) is 18.5 Å². The predicted octanol–water partition coefficient (Wildman–Crippen LogP) is 1.00. The van der Waals surface area contributed by atoms with Crippen molar-refractivity contribution in [2.75, 3.05) is 26.8 Å². The molecule has 122 valence electrons. The lowest BCUT2D eigenvalue weighted by molar-refractivity contribution is -0.156. The monoisotopic (exact) mass is 309 g/mol. The predicted molar refractivity (Wildman–Crippen MR) is 79.2 cm³/mol. The van der Waals surface area contributed by atoms with Gasteiger partial charge in [0.1, 0.15) is 6.54 Å². The highest BCUT2D eigenvalue weighted by Crippen LogP contribution is 2.35. The number of nitrogens with zero attached hydrogens (tertiary/aromatic N) is 3. The lowest BCUT2D eigenvalue weighted by Gasteiger charge is -2.40. The Balaban J connectivity index is 2.01. The summed E-state index contributed by atoms with van der Waals surface area (Å²) in [6.45, 7) is 1.57. The topological polar surface area (TPSA) is 84.7 Å². The summed E-state index contributed by atoms with van der Waals surface area (Å²) < 4.78 is 6.58. The van der Waals surface area contributed by atoms with Crippen LogP contribution in [0.1, 0.15) is 25.7 Å². The van der Waals surface area contributed by atoms with Gasteiger partial charge >= 0.3 is 5.97 Å². The number of carbonyl (C=O) groups is 2. The van der Waals surface area contributed by atoms with Gasteiger partial charge in [0.15, 0.2) is 0 Å². The summed E-state index contributed by atoms with van der Waals surface area (Å²) in [5.74, 6) is -0.902. The number of ether oxygens (including phenoxy) is 1. The van der Waals surface area contributed by atoms with Crippen LogP contribution < -0.4 is 0 Å². The maximum Gasteiger partial charge on any atom is 0.311 e. The third-order valence-electron chi connectivity index (χ3n) is 4.24. The Hall–Kier alpha value is -1.89. The molecule has 1 unspecified atom stereocenters. The summed E-state index contributed by atoms with van der Waals surface area (Å²) in [6, 6.07) is 1.76. The lowest BCUT2D eigenvalue weighted by Crippen LogP contribution is -2.50. The molecule has 2 heterocycles. The Bertz CT molecular complexity index is 503. The highest BCUT2D eigenvalue weighted by molar-refractivity contribution is 5.79. The molecule has 1 N–H and O–H groups in total. The van der Waals surface area contributed by atoms with Crippen molar-refractivity contribution in [2.45, 2.75) is 32.2 Å². The van der Waals surface area contributed by atoms with E-state index in [2.05, 4.69) is 5.10 Å². The molecule has 0 spiro atoms. The molecular weight excluding hydrogens is 286 g/mol. The van der Waals surface area contributed by atoms with Crippen molar-refractivity contribution in [3.8, 4) is 0 Å². The van der Waals surface area contributed by atoms with E-state index in [0.717, 1.165) is 0 Å². The lowest BCUT2D eigenvalue weighted by atomic mass is 9.76. The molecule has 7 heteroatoms. The number of hydrogen-bond acceptors (Lipinski definition) is 4. The van der Waals surface area contributed by atoms with Crippen molar-refractivity contribution in [2.24, 2.45) is 5.41 Å². The zero-order valence-corrected chi connectivity index (χ0v) is 12.9. The molecular formula is C15H23N3O4. The summed E-state index contributed by atoms with van der Waals surface area (Å²) in [5, 5.41) is 13.7. The first-order valence-electron chi connectivity index (χ1n) is 7.55. The van der Waals surface area contributed by atoms with Gasteiger partial charge in [-0.25, -0.2) is 0 Å². The second kappa shape index (κ2) is 7.40. The molecule has 1 amide bonds. The van der Waals surface area contributed by atoms with Gasteiger partial charge in [-0.15, -0.1) is 0 Å². The largest absolute Gasteiger partial charge is 0.481 e. The van der Waals surface area contributed by atoms with Crippen LogP contribution >= 0.6 is 0 Å². The highest BCUT2D eigenvalue weighted by atomic mass is 16.5. The molecule has 0 saturated carbocycles. The number of carboxylic acids is 1. The highest BCUT2D eigenvalue weighted by Gasteiger charge is 2.43. The van der Waals surface area contributed by atoms with Gasteiger partial charge in [-0.05, 0) is 31.7 Å². The Morgan fingerprint density at radius 2 is 2.27 bits per heavy atom. The Morgan fingerprint density at radius 3 is 2.91 bits per heavy atom. The molecule has 1 aliphatic heterocycles. The fourth-order valence-corrected chi connectivity index (χ4v) is 3.02. The smallest absolute Gasteiger partial charge is 0.311 e. The number of amides is 1. The molecule has 1 atom stereocenters. The third-order valence-corrected chi connectivity index (χ3v) is 4.24. The van der Waals surface area contributed by atoms with Gasteiger partial charge in [0.2, 0.25) is 5.91 Å². The van der Waals surface area contributed by atoms with E-state index >= 15 is 0 Å². The molecule has 1 aliphatic rings. The molecule has 1 saturated heterocycles. The molecule has 1 aromatic rings. The normalized spacial score (nSPS) is 21.8. The van der Waals surface area contributed by atoms with Crippen molar-refractivity contribution in [1.82, 2.24) is 14.7 Å². The minimum absolute atomic E-state index is 0.0826. The first kappa shape index (κ1) is 16.5. The minimum atomic E-state index is -0.851. The van der Waals surface area contributed by atoms with Crippen molar-refractivity contribution < 1.29 is 19.4 Å². The zero-order valence-electron chi connectivity index (χ0n) is 12.9. The molecule has 2 rings (SSSR count). The number of carbonyl (C=O) groups excluding carboxylic acids is 1. The quantitative estimate of drug-likeness (QED) is 0.760. The Labute approximate surface area is 129 Å². The molecule has 1 fully saturated rings. The first-order chi connectivity index (χ1) is 10.6. The van der Waals surface area contributed by atoms with E-state index in [1.807, 2.05) is 0 Å². The van der Waals surface area contributed by atoms with Crippen molar-refractivity contribution in [1.29, 1.82) is 0 Å². The number of methoxy groups -OCH3 is 1. The van der Waals surface area contributed by atoms with Crippen LogP contribution in [-0.2, 0) is 20.9 Å². The number of piperidine rings is 1. The molecule has 22 heavy (non-hydrogen) atoms. The van der Waals surface area contributed by atoms with Crippen LogP contribution in [-0.4, -0.2) is 58.5 Å². The molecule has 7 nitrogen and oxygen atoms in total. The van der Waals surface area contributed by atoms with E-state index in [1.54, 1.807) is 35.2 Å². The first-order valence-corrected chi connectivity index (χ1v) is 7.55. The Kier molecular flexibility index (Phi) is 5.54. The summed E-state index contributed by atoms with van der Waals surface area (Å²) in [4.78, 5) is 25.8. The fourth-order valence-electron chi connectivity index (χ4n) is 3.02. The van der Waals surface area contributed by atoms with Crippen LogP contribution in [0.2, 0.25) is 0 Å². The second-order valence-corrected chi connectivity index (χ2v) is 5.80. The summed E-state index contributed by atoms with van der Waals surface area (Å²) in [7, 11) is 1.61. The Morgan fingerprint density at radius 1 is 1.45 bits per heavy atom. The van der Waals surface area contributed by atoms with Gasteiger partial charge in [-0.1, -0.05) is 0 Å². The number of aliphatic carboxylic acids is 1. The van der Waals surface area contributed by atoms with Gasteiger partial charge in [0, 0.05) is 39.2 Å². The van der Waals surface area contributed by atoms with E-state index in [1.165, 1.54) is 0 Å². The zero-order chi connectivity index (χ0) is 16.0. The van der Waals surface area contributed by atoms with Crippen LogP contribution in [0.25, 0.3) is 0 Å². The average Bonchev–Trinajstić information content (AvgIpc) is 3.00. The van der Waals surface area contributed by atoms with Crippen molar-refractivity contribution >= 4 is 11.9 Å². The third kappa shape index (κ3) is 3.85. The van der Waals surface area contributed by atoms with E-state index in [0.29, 0.717) is 38.8 Å². The minimum Gasteiger partial charge on any atom is -0.481 e. The summed E-state index contributed by atoms with van der Waals surface area (Å²) in [5.41, 5.74) is -0.851. The fraction of sp³-hybridized carbons (Fsp3) is 0.667. The van der Waals surface area contributed by atoms with Gasteiger partial charge in [0.25, 0.3) is 0 Å². The second-order valence-electron chi connectivity index (χ2n) is 5.80. The van der Waals surface area contributed by atoms with E-state index in [-0.39, 0.29) is 19.0 Å². The van der Waals surface area contributed by atoms with Crippen LogP contribution in [0, 0.1) is 5.41 Å². The van der Waals surface area contributed by atoms with Crippen LogP contribution in [0.3, 0.4) is 0 Å². The van der Waals surface area contributed by atoms with E-state index in [9.17, 15) is 14.7 Å². The van der Waals surface area contributed by atoms with Gasteiger partial charge < -0.3 is 14.7 Å². The average molecular weight is 309 g/mol. The van der Waals surface area contributed by atoms with E-state index in [4.69, 9.17) is 4.74 Å². The number of carboxylic acid groups (broad SMARTS) is 1. The van der Waals surface area contributed by atoms with Crippen molar-refractivity contribution in [3.63, 3.8) is 0 Å². The maximum atomic E-state index is 12.4. The number of rotatable bonds is 7. The standard InChI is InChI=1S/C15H23N3O4/c1-22-10-3-6-15(14(20)21)5-2-8-17(12-15)13(19)11-18-9-4-7-16-18/h4,7,9H,2-3,5-6,8,10-12H2,1H3,(H,20,21). The van der Waals surface area contributed by atoms with Crippen LogP contribution in [0.5, 0.6) is 0 Å². The number of hydrogen-bond donors (Lipinski definition) is 1. The van der Waals surface area contributed by atoms with Gasteiger partial charge in [0.05, 0.1) is 5.41 Å². The number of aromatic nitrogens is 2. The molecule has 0 bridgehead atoms. The summed E-state index contributed by atoms with van der Waals surface area (Å²) in [6.07, 6.45) is 5.88. The number of likely N-dealkylation sites (tertiary alicyclic amines) is 1. The van der Waals surface area contributed by atoms with Gasteiger partial charge in [-0.2, -0.15) is 5.10 Å². The molecule has 0 aliphatic carbocycles. The van der Waals surface area contributed by atoms with Crippen LogP contribution in [0.4, 0.5) is 0 Å².